The van der Waals surface area contributed by atoms with Gasteiger partial charge in [0.2, 0.25) is 0 Å². The van der Waals surface area contributed by atoms with E-state index in [4.69, 9.17) is 10.5 Å². The molecule has 156 valence electrons. The van der Waals surface area contributed by atoms with Crippen molar-refractivity contribution < 1.29 is 9.53 Å². The first-order valence-corrected chi connectivity index (χ1v) is 10.1. The highest BCUT2D eigenvalue weighted by atomic mass is 16.5. The molecule has 0 aliphatic rings. The summed E-state index contributed by atoms with van der Waals surface area (Å²) in [5.74, 6) is -0.329. The standard InChI is InChI=1S/C23H27N5O2/c1-30-14-5-3-2-4-7-17-9-11-18(12-10-17)20-16-26-22(24)21(28-20)23(29)27-19-8-6-13-25-15-19/h6,8-13,15-16H,2-5,7,14H2,1H3,(H2,24,26)(H,27,29). The molecule has 7 heteroatoms. The molecule has 1 aromatic carbocycles. The maximum Gasteiger partial charge on any atom is 0.278 e. The maximum atomic E-state index is 12.6. The van der Waals surface area contributed by atoms with Gasteiger partial charge in [0.1, 0.15) is 0 Å². The van der Waals surface area contributed by atoms with Gasteiger partial charge in [-0.25, -0.2) is 9.97 Å². The molecule has 0 unspecified atom stereocenters. The topological polar surface area (TPSA) is 103 Å². The first-order valence-electron chi connectivity index (χ1n) is 10.1. The number of nitrogens with two attached hydrogens (primary N) is 1. The predicted molar refractivity (Wildman–Crippen MR) is 118 cm³/mol. The van der Waals surface area contributed by atoms with Crippen LogP contribution in [0.25, 0.3) is 11.3 Å². The van der Waals surface area contributed by atoms with Gasteiger partial charge in [-0.2, -0.15) is 0 Å². The molecular formula is C23H27N5O2. The second-order valence-electron chi connectivity index (χ2n) is 7.04. The van der Waals surface area contributed by atoms with Gasteiger partial charge in [0.25, 0.3) is 5.91 Å². The molecule has 2 aromatic heterocycles. The molecule has 30 heavy (non-hydrogen) atoms. The SMILES string of the molecule is COCCCCCCc1ccc(-c2cnc(N)c(C(=O)Nc3cccnc3)n2)cc1. The molecule has 7 nitrogen and oxygen atoms in total. The van der Waals surface area contributed by atoms with E-state index in [2.05, 4.69) is 32.4 Å². The quantitative estimate of drug-likeness (QED) is 0.492. The minimum atomic E-state index is -0.417. The van der Waals surface area contributed by atoms with E-state index in [1.807, 2.05) is 12.1 Å². The van der Waals surface area contributed by atoms with Gasteiger partial charge in [-0.3, -0.25) is 9.78 Å². The highest BCUT2D eigenvalue weighted by Gasteiger charge is 2.15. The summed E-state index contributed by atoms with van der Waals surface area (Å²) in [5, 5.41) is 2.74. The van der Waals surface area contributed by atoms with Crippen LogP contribution in [-0.2, 0) is 11.2 Å². The smallest absolute Gasteiger partial charge is 0.278 e. The normalized spacial score (nSPS) is 10.7. The maximum absolute atomic E-state index is 12.6. The van der Waals surface area contributed by atoms with E-state index in [1.54, 1.807) is 37.8 Å². The fourth-order valence-corrected chi connectivity index (χ4v) is 3.10. The fraction of sp³-hybridized carbons (Fsp3) is 0.304. The van der Waals surface area contributed by atoms with Crippen molar-refractivity contribution in [3.05, 3.63) is 66.2 Å². The number of carbonyl (C=O) groups is 1. The molecule has 0 aliphatic heterocycles. The molecular weight excluding hydrogens is 378 g/mol. The van der Waals surface area contributed by atoms with Gasteiger partial charge in [-0.05, 0) is 37.0 Å². The van der Waals surface area contributed by atoms with Crippen LogP contribution in [0.4, 0.5) is 11.5 Å². The Morgan fingerprint density at radius 2 is 1.87 bits per heavy atom. The van der Waals surface area contributed by atoms with Crippen molar-refractivity contribution in [2.24, 2.45) is 0 Å². The summed E-state index contributed by atoms with van der Waals surface area (Å²) >= 11 is 0. The molecule has 3 aromatic rings. The number of anilines is 2. The number of pyridine rings is 1. The minimum Gasteiger partial charge on any atom is -0.385 e. The zero-order valence-corrected chi connectivity index (χ0v) is 17.2. The van der Waals surface area contributed by atoms with Crippen molar-refractivity contribution >= 4 is 17.4 Å². The summed E-state index contributed by atoms with van der Waals surface area (Å²) in [4.78, 5) is 25.1. The van der Waals surface area contributed by atoms with E-state index in [1.165, 1.54) is 18.4 Å². The Hall–Kier alpha value is -3.32. The van der Waals surface area contributed by atoms with Crippen LogP contribution in [0, 0.1) is 0 Å². The summed E-state index contributed by atoms with van der Waals surface area (Å²) in [6.07, 6.45) is 10.5. The molecule has 0 spiro atoms. The van der Waals surface area contributed by atoms with Crippen molar-refractivity contribution in [3.8, 4) is 11.3 Å². The van der Waals surface area contributed by atoms with Gasteiger partial charge < -0.3 is 15.8 Å². The number of unbranched alkanes of at least 4 members (excludes halogenated alkanes) is 3. The first kappa shape index (κ1) is 21.4. The number of hydrogen-bond donors (Lipinski definition) is 2. The van der Waals surface area contributed by atoms with Gasteiger partial charge in [0.15, 0.2) is 11.5 Å². The number of methoxy groups -OCH3 is 1. The van der Waals surface area contributed by atoms with Crippen LogP contribution in [0.3, 0.4) is 0 Å². The highest BCUT2D eigenvalue weighted by Crippen LogP contribution is 2.20. The lowest BCUT2D eigenvalue weighted by Gasteiger charge is -2.09. The summed E-state index contributed by atoms with van der Waals surface area (Å²) < 4.78 is 5.08. The van der Waals surface area contributed by atoms with Crippen LogP contribution in [0.15, 0.2) is 55.0 Å². The number of benzene rings is 1. The highest BCUT2D eigenvalue weighted by molar-refractivity contribution is 6.05. The molecule has 1 amide bonds. The van der Waals surface area contributed by atoms with E-state index < -0.39 is 5.91 Å². The summed E-state index contributed by atoms with van der Waals surface area (Å²) in [6.45, 7) is 0.833. The van der Waals surface area contributed by atoms with Crippen LogP contribution in [0.2, 0.25) is 0 Å². The van der Waals surface area contributed by atoms with Crippen LogP contribution in [-0.4, -0.2) is 34.6 Å². The van der Waals surface area contributed by atoms with Crippen molar-refractivity contribution in [3.63, 3.8) is 0 Å². The van der Waals surface area contributed by atoms with Crippen molar-refractivity contribution in [2.45, 2.75) is 32.1 Å². The lowest BCUT2D eigenvalue weighted by atomic mass is 10.0. The van der Waals surface area contributed by atoms with E-state index in [-0.39, 0.29) is 11.5 Å². The number of amides is 1. The Bertz CT molecular complexity index is 946. The molecule has 0 aliphatic carbocycles. The number of hydrogen-bond acceptors (Lipinski definition) is 6. The van der Waals surface area contributed by atoms with Crippen molar-refractivity contribution in [1.29, 1.82) is 0 Å². The Balaban J connectivity index is 1.63. The third-order valence-corrected chi connectivity index (χ3v) is 4.75. The van der Waals surface area contributed by atoms with E-state index in [0.29, 0.717) is 11.4 Å². The predicted octanol–water partition coefficient (Wildman–Crippen LogP) is 4.12. The molecule has 0 bridgehead atoms. The number of nitrogens with one attached hydrogen (secondary N) is 1. The van der Waals surface area contributed by atoms with Crippen LogP contribution >= 0.6 is 0 Å². The average molecular weight is 406 g/mol. The lowest BCUT2D eigenvalue weighted by molar-refractivity contribution is 0.102. The molecule has 0 radical (unpaired) electrons. The molecule has 2 heterocycles. The third-order valence-electron chi connectivity index (χ3n) is 4.75. The second kappa shape index (κ2) is 11.0. The molecule has 0 atom stereocenters. The Morgan fingerprint density at radius 3 is 2.60 bits per heavy atom. The Morgan fingerprint density at radius 1 is 1.07 bits per heavy atom. The van der Waals surface area contributed by atoms with Gasteiger partial charge in [0, 0.05) is 25.5 Å². The van der Waals surface area contributed by atoms with Crippen LogP contribution in [0.1, 0.15) is 41.7 Å². The van der Waals surface area contributed by atoms with Crippen molar-refractivity contribution in [2.75, 3.05) is 24.8 Å². The summed E-state index contributed by atoms with van der Waals surface area (Å²) in [6, 6.07) is 11.7. The number of ether oxygens (including phenoxy) is 1. The number of nitrogens with zero attached hydrogens (tertiary/aromatic N) is 3. The third kappa shape index (κ3) is 6.09. The monoisotopic (exact) mass is 405 g/mol. The Labute approximate surface area is 176 Å². The van der Waals surface area contributed by atoms with Crippen LogP contribution in [0.5, 0.6) is 0 Å². The van der Waals surface area contributed by atoms with Gasteiger partial charge in [-0.15, -0.1) is 0 Å². The molecule has 0 saturated heterocycles. The van der Waals surface area contributed by atoms with Crippen LogP contribution < -0.4 is 11.1 Å². The minimum absolute atomic E-state index is 0.0882. The fourth-order valence-electron chi connectivity index (χ4n) is 3.10. The largest absolute Gasteiger partial charge is 0.385 e. The number of nitrogen functional groups attached to an aromatic ring is 1. The van der Waals surface area contributed by atoms with Crippen molar-refractivity contribution in [1.82, 2.24) is 15.0 Å². The number of rotatable bonds is 10. The van der Waals surface area contributed by atoms with E-state index in [0.717, 1.165) is 31.4 Å². The zero-order chi connectivity index (χ0) is 21.2. The Kier molecular flexibility index (Phi) is 7.86. The molecule has 0 fully saturated rings. The molecule has 0 saturated carbocycles. The first-order chi connectivity index (χ1) is 14.7. The number of aryl methyl sites for hydroxylation is 1. The summed E-state index contributed by atoms with van der Waals surface area (Å²) in [7, 11) is 1.74. The molecule has 3 rings (SSSR count). The molecule has 3 N–H and O–H groups in total. The number of carbonyl (C=O) groups excluding carboxylic acids is 1. The average Bonchev–Trinajstić information content (AvgIpc) is 2.77. The van der Waals surface area contributed by atoms with Gasteiger partial charge in [0.05, 0.1) is 23.8 Å². The van der Waals surface area contributed by atoms with Gasteiger partial charge >= 0.3 is 0 Å². The zero-order valence-electron chi connectivity index (χ0n) is 17.2. The second-order valence-corrected chi connectivity index (χ2v) is 7.04. The van der Waals surface area contributed by atoms with Gasteiger partial charge in [-0.1, -0.05) is 37.1 Å². The number of aromatic nitrogens is 3. The lowest BCUT2D eigenvalue weighted by Crippen LogP contribution is -2.17. The van der Waals surface area contributed by atoms with E-state index >= 15 is 0 Å². The van der Waals surface area contributed by atoms with E-state index in [9.17, 15) is 4.79 Å². The summed E-state index contributed by atoms with van der Waals surface area (Å²) in [5.41, 5.74) is 9.33.